The minimum absolute atomic E-state index is 0.00721. The maximum absolute atomic E-state index is 13.0. The van der Waals surface area contributed by atoms with E-state index in [0.29, 0.717) is 43.3 Å². The van der Waals surface area contributed by atoms with Crippen molar-refractivity contribution in [2.24, 2.45) is 11.7 Å². The summed E-state index contributed by atoms with van der Waals surface area (Å²) >= 11 is 0. The van der Waals surface area contributed by atoms with Crippen LogP contribution in [0.15, 0.2) is 12.7 Å². The van der Waals surface area contributed by atoms with Crippen molar-refractivity contribution in [1.82, 2.24) is 19.5 Å². The number of aliphatic hydroxyl groups excluding tert-OH is 2. The van der Waals surface area contributed by atoms with Crippen molar-refractivity contribution in [3.05, 3.63) is 12.7 Å². The van der Waals surface area contributed by atoms with Gasteiger partial charge in [-0.25, -0.2) is 15.0 Å². The number of fused-ring (bicyclic) bond motifs is 1. The Kier molecular flexibility index (Phi) is 11.1. The van der Waals surface area contributed by atoms with Gasteiger partial charge in [0.15, 0.2) is 28.6 Å². The van der Waals surface area contributed by atoms with E-state index in [1.807, 2.05) is 0 Å². The minimum Gasteiger partial charge on any atom is -0.388 e. The van der Waals surface area contributed by atoms with E-state index in [2.05, 4.69) is 20.3 Å². The maximum Gasteiger partial charge on any atom is 0.359 e. The molecule has 14 nitrogen and oxygen atoms in total. The van der Waals surface area contributed by atoms with Crippen LogP contribution in [-0.4, -0.2) is 95.3 Å². The monoisotopic (exact) mass is 588 g/mol. The van der Waals surface area contributed by atoms with Gasteiger partial charge in [0.1, 0.15) is 18.5 Å². The molecule has 7 N–H and O–H groups in total. The van der Waals surface area contributed by atoms with Crippen LogP contribution in [-0.2, 0) is 18.6 Å². The second-order valence-electron chi connectivity index (χ2n) is 11.0. The highest BCUT2D eigenvalue weighted by Crippen LogP contribution is 2.59. The Morgan fingerprint density at radius 1 is 1.20 bits per heavy atom. The van der Waals surface area contributed by atoms with Gasteiger partial charge in [-0.05, 0) is 45.6 Å². The van der Waals surface area contributed by atoms with Crippen molar-refractivity contribution in [2.45, 2.75) is 95.8 Å². The van der Waals surface area contributed by atoms with E-state index in [9.17, 15) is 24.8 Å². The smallest absolute Gasteiger partial charge is 0.359 e. The van der Waals surface area contributed by atoms with E-state index in [1.54, 1.807) is 27.7 Å². The summed E-state index contributed by atoms with van der Waals surface area (Å²) in [7, 11) is -4.48. The molecule has 7 atom stereocenters. The summed E-state index contributed by atoms with van der Waals surface area (Å²) in [6.07, 6.45) is -0.258. The molecule has 3 heterocycles. The van der Waals surface area contributed by atoms with Gasteiger partial charge in [-0.3, -0.25) is 13.7 Å². The number of nitrogens with two attached hydrogens (primary N) is 1. The molecule has 0 aromatic carbocycles. The molecule has 2 aromatic rings. The molecular weight excluding hydrogens is 543 g/mol. The van der Waals surface area contributed by atoms with Crippen LogP contribution in [0.1, 0.15) is 66.5 Å². The van der Waals surface area contributed by atoms with Gasteiger partial charge >= 0.3 is 7.60 Å². The number of imidazole rings is 1. The maximum atomic E-state index is 13.0. The Bertz CT molecular complexity index is 1150. The molecule has 0 spiro atoms. The highest BCUT2D eigenvalue weighted by Gasteiger charge is 2.52. The quantitative estimate of drug-likeness (QED) is 0.122. The molecule has 2 aromatic heterocycles. The van der Waals surface area contributed by atoms with Crippen LogP contribution in [0.3, 0.4) is 0 Å². The summed E-state index contributed by atoms with van der Waals surface area (Å²) in [6, 6.07) is 0. The number of hydrogen-bond acceptors (Lipinski definition) is 12. The van der Waals surface area contributed by atoms with Gasteiger partial charge in [0.25, 0.3) is 0 Å². The molecule has 1 aliphatic heterocycles. The predicted molar refractivity (Wildman–Crippen MR) is 149 cm³/mol. The average molecular weight is 589 g/mol. The zero-order chi connectivity index (χ0) is 29.7. The Labute approximate surface area is 234 Å². The number of ether oxygens (including phenoxy) is 2. The van der Waals surface area contributed by atoms with Crippen LogP contribution in [0.5, 0.6) is 0 Å². The molecule has 3 rings (SSSR count). The third-order valence-electron chi connectivity index (χ3n) is 7.66. The first kappa shape index (κ1) is 32.8. The number of hydrogen-bond donors (Lipinski definition) is 6. The number of anilines is 1. The van der Waals surface area contributed by atoms with Crippen molar-refractivity contribution in [3.63, 3.8) is 0 Å². The SMILES string of the molecule is CCC(C)(O)P(=O)(O)OC(C)(CC1O[C@@H](n2cnc3c(NCCCOCCCN)ncnc32)[C@H](O)[C@@H]1O)C(C)C. The second kappa shape index (κ2) is 13.5. The molecule has 0 bridgehead atoms. The van der Waals surface area contributed by atoms with Crippen LogP contribution >= 0.6 is 7.60 Å². The molecule has 228 valence electrons. The first-order valence-corrected chi connectivity index (χ1v) is 15.3. The normalized spacial score (nSPS) is 26.1. The number of aromatic nitrogens is 4. The van der Waals surface area contributed by atoms with Crippen LogP contribution in [0.2, 0.25) is 0 Å². The van der Waals surface area contributed by atoms with Crippen LogP contribution in [0.4, 0.5) is 5.82 Å². The molecule has 4 unspecified atom stereocenters. The zero-order valence-electron chi connectivity index (χ0n) is 23.9. The highest BCUT2D eigenvalue weighted by molar-refractivity contribution is 7.54. The molecule has 0 amide bonds. The molecule has 40 heavy (non-hydrogen) atoms. The van der Waals surface area contributed by atoms with E-state index >= 15 is 0 Å². The van der Waals surface area contributed by atoms with Crippen LogP contribution in [0.25, 0.3) is 11.2 Å². The third-order valence-corrected chi connectivity index (χ3v) is 9.86. The van der Waals surface area contributed by atoms with Gasteiger partial charge in [0.05, 0.1) is 18.0 Å². The number of aliphatic hydroxyl groups is 3. The van der Waals surface area contributed by atoms with Gasteiger partial charge < -0.3 is 40.7 Å². The molecule has 1 aliphatic rings. The van der Waals surface area contributed by atoms with Gasteiger partial charge in [0.2, 0.25) is 0 Å². The Hall–Kier alpha value is -1.74. The fourth-order valence-corrected chi connectivity index (χ4v) is 5.77. The Balaban J connectivity index is 1.74. The van der Waals surface area contributed by atoms with E-state index < -0.39 is 43.1 Å². The predicted octanol–water partition coefficient (Wildman–Crippen LogP) is 1.74. The first-order valence-electron chi connectivity index (χ1n) is 13.7. The van der Waals surface area contributed by atoms with Gasteiger partial charge in [-0.1, -0.05) is 20.8 Å². The first-order chi connectivity index (χ1) is 18.8. The average Bonchev–Trinajstić information content (AvgIpc) is 3.44. The highest BCUT2D eigenvalue weighted by atomic mass is 31.2. The number of rotatable bonds is 16. The van der Waals surface area contributed by atoms with Gasteiger partial charge in [0, 0.05) is 26.2 Å². The van der Waals surface area contributed by atoms with Crippen molar-refractivity contribution in [1.29, 1.82) is 0 Å². The third kappa shape index (κ3) is 7.18. The Morgan fingerprint density at radius 2 is 1.90 bits per heavy atom. The number of nitrogens with zero attached hydrogens (tertiary/aromatic N) is 4. The zero-order valence-corrected chi connectivity index (χ0v) is 24.8. The van der Waals surface area contributed by atoms with Crippen molar-refractivity contribution in [2.75, 3.05) is 31.6 Å². The largest absolute Gasteiger partial charge is 0.388 e. The van der Waals surface area contributed by atoms with Crippen LogP contribution in [0, 0.1) is 5.92 Å². The summed E-state index contributed by atoms with van der Waals surface area (Å²) in [6.45, 7) is 10.5. The topological polar surface area (TPSA) is 207 Å². The number of nitrogens with one attached hydrogen (secondary N) is 1. The van der Waals surface area contributed by atoms with E-state index in [0.717, 1.165) is 12.8 Å². The van der Waals surface area contributed by atoms with Crippen molar-refractivity contribution >= 4 is 24.6 Å². The summed E-state index contributed by atoms with van der Waals surface area (Å²) in [5.41, 5.74) is 5.06. The molecule has 1 fully saturated rings. The molecule has 15 heteroatoms. The van der Waals surface area contributed by atoms with E-state index in [4.69, 9.17) is 19.7 Å². The second-order valence-corrected chi connectivity index (χ2v) is 13.2. The summed E-state index contributed by atoms with van der Waals surface area (Å²) in [5, 5.41) is 33.6. The van der Waals surface area contributed by atoms with E-state index in [-0.39, 0.29) is 18.8 Å². The van der Waals surface area contributed by atoms with Crippen molar-refractivity contribution in [3.8, 4) is 0 Å². The minimum atomic E-state index is -4.48. The van der Waals surface area contributed by atoms with Crippen molar-refractivity contribution < 1.29 is 38.8 Å². The lowest BCUT2D eigenvalue weighted by atomic mass is 9.85. The Morgan fingerprint density at radius 3 is 2.55 bits per heavy atom. The lowest BCUT2D eigenvalue weighted by Crippen LogP contribution is -2.43. The summed E-state index contributed by atoms with van der Waals surface area (Å²) in [4.78, 5) is 23.6. The summed E-state index contributed by atoms with van der Waals surface area (Å²) in [5.74, 6) is 0.215. The fourth-order valence-electron chi connectivity index (χ4n) is 4.32. The lowest BCUT2D eigenvalue weighted by Gasteiger charge is -2.40. The standard InChI is InChI=1S/C25H45N6O8P/c1-6-25(5,34)40(35,36)39-24(4,16(2)3)13-17-19(32)20(33)23(38-17)31-15-30-18-21(28-14-29-22(18)31)27-10-8-12-37-11-7-9-26/h14-17,19-20,23,32-34H,6-13,26H2,1-5H3,(H,35,36)(H,27,28,29)/t17?,19-,20-,23-,24?,25?/m1/s1. The summed E-state index contributed by atoms with van der Waals surface area (Å²) < 4.78 is 31.8. The van der Waals surface area contributed by atoms with Crippen LogP contribution < -0.4 is 11.1 Å². The van der Waals surface area contributed by atoms with E-state index in [1.165, 1.54) is 24.1 Å². The molecule has 0 radical (unpaired) electrons. The van der Waals surface area contributed by atoms with Gasteiger partial charge in [-0.2, -0.15) is 0 Å². The molecular formula is C25H45N6O8P. The van der Waals surface area contributed by atoms with Gasteiger partial charge in [-0.15, -0.1) is 0 Å². The fraction of sp³-hybridized carbons (Fsp3) is 0.800. The lowest BCUT2D eigenvalue weighted by molar-refractivity contribution is -0.0809. The molecule has 0 saturated carbocycles. The molecule has 1 saturated heterocycles. The molecule has 0 aliphatic carbocycles.